The number of likely N-dealkylation sites (N-methyl/N-ethyl adjacent to an activating group) is 1. The fourth-order valence-corrected chi connectivity index (χ4v) is 2.99. The van der Waals surface area contributed by atoms with Crippen LogP contribution >= 0.6 is 0 Å². The van der Waals surface area contributed by atoms with Crippen molar-refractivity contribution in [3.8, 4) is 6.07 Å². The highest BCUT2D eigenvalue weighted by molar-refractivity contribution is 5.92. The number of esters is 1. The van der Waals surface area contributed by atoms with Gasteiger partial charge in [-0.05, 0) is 61.9 Å². The third-order valence-electron chi connectivity index (χ3n) is 4.72. The predicted octanol–water partition coefficient (Wildman–Crippen LogP) is 4.16. The van der Waals surface area contributed by atoms with E-state index in [2.05, 4.69) is 16.3 Å². The lowest BCUT2D eigenvalue weighted by Crippen LogP contribution is -2.35. The van der Waals surface area contributed by atoms with Crippen LogP contribution in [0.2, 0.25) is 0 Å². The van der Waals surface area contributed by atoms with E-state index in [1.165, 1.54) is 6.08 Å². The molecular formula is C24H27N3O3. The van der Waals surface area contributed by atoms with Crippen molar-refractivity contribution in [2.24, 2.45) is 0 Å². The highest BCUT2D eigenvalue weighted by Gasteiger charge is 2.17. The van der Waals surface area contributed by atoms with Crippen LogP contribution in [0.4, 0.5) is 5.69 Å². The van der Waals surface area contributed by atoms with Crippen LogP contribution in [0.25, 0.3) is 6.08 Å². The fourth-order valence-electron chi connectivity index (χ4n) is 2.99. The summed E-state index contributed by atoms with van der Waals surface area (Å²) in [5.74, 6) is -0.488. The topological polar surface area (TPSA) is 82.4 Å². The normalized spacial score (nSPS) is 11.8. The summed E-state index contributed by atoms with van der Waals surface area (Å²) in [6.45, 7) is 7.12. The molecule has 1 amide bonds. The Morgan fingerprint density at radius 3 is 2.37 bits per heavy atom. The summed E-state index contributed by atoms with van der Waals surface area (Å²) in [5.41, 5.74) is 3.20. The number of amides is 1. The summed E-state index contributed by atoms with van der Waals surface area (Å²) in [6.07, 6.45) is 3.04. The van der Waals surface area contributed by atoms with Crippen LogP contribution in [0.15, 0.2) is 54.6 Å². The molecule has 156 valence electrons. The third-order valence-corrected chi connectivity index (χ3v) is 4.72. The lowest BCUT2D eigenvalue weighted by atomic mass is 10.0. The van der Waals surface area contributed by atoms with Crippen LogP contribution in [0.3, 0.4) is 0 Å². The number of carbonyl (C=O) groups is 2. The van der Waals surface area contributed by atoms with Crippen LogP contribution in [0.1, 0.15) is 43.5 Å². The van der Waals surface area contributed by atoms with Crippen molar-refractivity contribution in [2.75, 3.05) is 25.0 Å². The van der Waals surface area contributed by atoms with Crippen molar-refractivity contribution < 1.29 is 14.3 Å². The van der Waals surface area contributed by atoms with Crippen LogP contribution in [0.5, 0.6) is 0 Å². The third kappa shape index (κ3) is 6.87. The maximum atomic E-state index is 12.5. The standard InChI is InChI=1S/C24H27N3O3/c1-4-27(18(3)21-11-6-20(16-25)7-12-21)17-23(28)26-22-13-8-19(9-14-22)10-15-24(29)30-5-2/h6-15,18H,4-5,17H2,1-3H3,(H,26,28). The molecule has 0 aliphatic rings. The first-order valence-electron chi connectivity index (χ1n) is 9.95. The minimum atomic E-state index is -0.383. The average Bonchev–Trinajstić information content (AvgIpc) is 2.77. The minimum absolute atomic E-state index is 0.0453. The van der Waals surface area contributed by atoms with Gasteiger partial charge in [0.15, 0.2) is 0 Å². The molecule has 0 saturated carbocycles. The van der Waals surface area contributed by atoms with Gasteiger partial charge >= 0.3 is 5.97 Å². The lowest BCUT2D eigenvalue weighted by Gasteiger charge is -2.27. The van der Waals surface area contributed by atoms with Crippen molar-refractivity contribution in [3.05, 3.63) is 71.3 Å². The average molecular weight is 405 g/mol. The minimum Gasteiger partial charge on any atom is -0.463 e. The Labute approximate surface area is 177 Å². The monoisotopic (exact) mass is 405 g/mol. The van der Waals surface area contributed by atoms with Crippen molar-refractivity contribution in [3.63, 3.8) is 0 Å². The summed E-state index contributed by atoms with van der Waals surface area (Å²) in [6, 6.07) is 16.8. The fraction of sp³-hybridized carbons (Fsp3) is 0.292. The molecule has 0 bridgehead atoms. The number of benzene rings is 2. The molecule has 0 heterocycles. The Morgan fingerprint density at radius 2 is 1.80 bits per heavy atom. The van der Waals surface area contributed by atoms with Gasteiger partial charge in [0.05, 0.1) is 24.8 Å². The second-order valence-electron chi connectivity index (χ2n) is 6.73. The van der Waals surface area contributed by atoms with Gasteiger partial charge in [-0.25, -0.2) is 4.79 Å². The molecule has 6 heteroatoms. The highest BCUT2D eigenvalue weighted by atomic mass is 16.5. The Kier molecular flexibility index (Phi) is 8.79. The smallest absolute Gasteiger partial charge is 0.330 e. The molecule has 2 aromatic rings. The number of carbonyl (C=O) groups excluding carboxylic acids is 2. The number of ether oxygens (including phenoxy) is 1. The molecule has 0 aromatic heterocycles. The first-order chi connectivity index (χ1) is 14.5. The molecule has 0 aliphatic heterocycles. The molecular weight excluding hydrogens is 378 g/mol. The molecule has 0 spiro atoms. The van der Waals surface area contributed by atoms with E-state index < -0.39 is 0 Å². The van der Waals surface area contributed by atoms with Crippen LogP contribution in [0, 0.1) is 11.3 Å². The maximum absolute atomic E-state index is 12.5. The summed E-state index contributed by atoms with van der Waals surface area (Å²) >= 11 is 0. The van der Waals surface area contributed by atoms with E-state index in [9.17, 15) is 9.59 Å². The van der Waals surface area contributed by atoms with Gasteiger partial charge in [-0.2, -0.15) is 5.26 Å². The summed E-state index contributed by atoms with van der Waals surface area (Å²) in [5, 5.41) is 11.8. The zero-order valence-corrected chi connectivity index (χ0v) is 17.6. The zero-order chi connectivity index (χ0) is 21.9. The van der Waals surface area contributed by atoms with Gasteiger partial charge < -0.3 is 10.1 Å². The summed E-state index contributed by atoms with van der Waals surface area (Å²) < 4.78 is 4.85. The second-order valence-corrected chi connectivity index (χ2v) is 6.73. The number of rotatable bonds is 9. The van der Waals surface area contributed by atoms with Gasteiger partial charge in [0.1, 0.15) is 0 Å². The number of nitrogens with zero attached hydrogens (tertiary/aromatic N) is 2. The maximum Gasteiger partial charge on any atom is 0.330 e. The second kappa shape index (κ2) is 11.5. The Hall–Kier alpha value is -3.43. The van der Waals surface area contributed by atoms with Gasteiger partial charge in [-0.15, -0.1) is 0 Å². The Balaban J connectivity index is 1.94. The first kappa shape index (κ1) is 22.9. The van der Waals surface area contributed by atoms with Gasteiger partial charge in [-0.3, -0.25) is 9.69 Å². The molecule has 30 heavy (non-hydrogen) atoms. The lowest BCUT2D eigenvalue weighted by molar-refractivity contribution is -0.137. The summed E-state index contributed by atoms with van der Waals surface area (Å²) in [4.78, 5) is 25.9. The quantitative estimate of drug-likeness (QED) is 0.500. The SMILES string of the molecule is CCOC(=O)C=Cc1ccc(NC(=O)CN(CC)C(C)c2ccc(C#N)cc2)cc1. The number of hydrogen-bond donors (Lipinski definition) is 1. The molecule has 2 rings (SSSR count). The predicted molar refractivity (Wildman–Crippen MR) is 118 cm³/mol. The molecule has 1 atom stereocenters. The molecule has 1 unspecified atom stereocenters. The largest absolute Gasteiger partial charge is 0.463 e. The van der Waals surface area contributed by atoms with Gasteiger partial charge in [-0.1, -0.05) is 31.2 Å². The van der Waals surface area contributed by atoms with E-state index in [1.54, 1.807) is 37.3 Å². The molecule has 1 N–H and O–H groups in total. The molecule has 0 radical (unpaired) electrons. The Morgan fingerprint density at radius 1 is 1.13 bits per heavy atom. The van der Waals surface area contributed by atoms with Crippen molar-refractivity contribution in [2.45, 2.75) is 26.8 Å². The van der Waals surface area contributed by atoms with E-state index in [4.69, 9.17) is 10.00 Å². The van der Waals surface area contributed by atoms with Gasteiger partial charge in [0.2, 0.25) is 5.91 Å². The molecule has 6 nitrogen and oxygen atoms in total. The number of nitriles is 1. The summed E-state index contributed by atoms with van der Waals surface area (Å²) in [7, 11) is 0. The van der Waals surface area contributed by atoms with Crippen LogP contribution < -0.4 is 5.32 Å². The molecule has 0 saturated heterocycles. The highest BCUT2D eigenvalue weighted by Crippen LogP contribution is 2.20. The van der Waals surface area contributed by atoms with Gasteiger partial charge in [0.25, 0.3) is 0 Å². The van der Waals surface area contributed by atoms with E-state index in [1.807, 2.05) is 38.1 Å². The van der Waals surface area contributed by atoms with Crippen molar-refractivity contribution in [1.29, 1.82) is 5.26 Å². The number of anilines is 1. The van der Waals surface area contributed by atoms with Crippen LogP contribution in [-0.4, -0.2) is 36.5 Å². The first-order valence-corrected chi connectivity index (χ1v) is 9.95. The molecule has 2 aromatic carbocycles. The van der Waals surface area contributed by atoms with Gasteiger partial charge in [0, 0.05) is 17.8 Å². The number of nitrogens with one attached hydrogen (secondary N) is 1. The van der Waals surface area contributed by atoms with E-state index in [-0.39, 0.29) is 24.5 Å². The molecule has 0 fully saturated rings. The zero-order valence-electron chi connectivity index (χ0n) is 17.6. The van der Waals surface area contributed by atoms with E-state index >= 15 is 0 Å². The van der Waals surface area contributed by atoms with Crippen molar-refractivity contribution >= 4 is 23.6 Å². The number of hydrogen-bond acceptors (Lipinski definition) is 5. The van der Waals surface area contributed by atoms with Crippen LogP contribution in [-0.2, 0) is 14.3 Å². The molecule has 0 aliphatic carbocycles. The van der Waals surface area contributed by atoms with E-state index in [0.717, 1.165) is 11.1 Å². The van der Waals surface area contributed by atoms with Crippen molar-refractivity contribution in [1.82, 2.24) is 4.90 Å². The Bertz CT molecular complexity index is 912. The van der Waals surface area contributed by atoms with E-state index in [0.29, 0.717) is 24.4 Å².